The van der Waals surface area contributed by atoms with Crippen molar-refractivity contribution in [3.63, 3.8) is 0 Å². The number of amides is 7. The predicted octanol–water partition coefficient (Wildman–Crippen LogP) is -0.567. The van der Waals surface area contributed by atoms with Crippen LogP contribution >= 0.6 is 0 Å². The molecule has 1 aromatic carbocycles. The zero-order valence-corrected chi connectivity index (χ0v) is 12.2. The summed E-state index contributed by atoms with van der Waals surface area (Å²) in [5.41, 5.74) is 0.665. The number of nitrogens with zero attached hydrogens (tertiary/aromatic N) is 2. The smallest absolute Gasteiger partial charge is 0.335 e. The van der Waals surface area contributed by atoms with Crippen molar-refractivity contribution in [1.82, 2.24) is 20.4 Å². The molecule has 0 atom stereocenters. The Labute approximate surface area is 131 Å². The van der Waals surface area contributed by atoms with Crippen LogP contribution in [0.15, 0.2) is 30.3 Å². The second-order valence-corrected chi connectivity index (χ2v) is 4.68. The number of rotatable bonds is 4. The SMILES string of the molecule is CNC(=O)NC(=O)CN1C(=O)C(=O)N(Cc2ccccc2)C1=O. The van der Waals surface area contributed by atoms with E-state index in [2.05, 4.69) is 5.32 Å². The molecule has 1 aliphatic heterocycles. The van der Waals surface area contributed by atoms with Crippen molar-refractivity contribution in [2.24, 2.45) is 0 Å². The van der Waals surface area contributed by atoms with E-state index in [0.717, 1.165) is 4.90 Å². The van der Waals surface area contributed by atoms with Crippen LogP contribution in [0, 0.1) is 0 Å². The Morgan fingerprint density at radius 2 is 1.61 bits per heavy atom. The number of nitrogens with one attached hydrogen (secondary N) is 2. The largest absolute Gasteiger partial charge is 0.341 e. The van der Waals surface area contributed by atoms with Crippen LogP contribution in [0.3, 0.4) is 0 Å². The van der Waals surface area contributed by atoms with Crippen molar-refractivity contribution in [1.29, 1.82) is 0 Å². The van der Waals surface area contributed by atoms with Crippen molar-refractivity contribution >= 4 is 29.8 Å². The zero-order valence-electron chi connectivity index (χ0n) is 12.2. The summed E-state index contributed by atoms with van der Waals surface area (Å²) in [5.74, 6) is -2.98. The van der Waals surface area contributed by atoms with Gasteiger partial charge in [-0.3, -0.25) is 24.6 Å². The molecule has 9 heteroatoms. The van der Waals surface area contributed by atoms with E-state index < -0.39 is 36.3 Å². The molecule has 120 valence electrons. The van der Waals surface area contributed by atoms with Crippen LogP contribution in [0.5, 0.6) is 0 Å². The second-order valence-electron chi connectivity index (χ2n) is 4.68. The highest BCUT2D eigenvalue weighted by Crippen LogP contribution is 2.15. The number of urea groups is 2. The third-order valence-electron chi connectivity index (χ3n) is 3.10. The Balaban J connectivity index is 2.07. The molecule has 0 saturated carbocycles. The lowest BCUT2D eigenvalue weighted by molar-refractivity contribution is -0.144. The Morgan fingerprint density at radius 3 is 2.22 bits per heavy atom. The van der Waals surface area contributed by atoms with Gasteiger partial charge in [-0.15, -0.1) is 0 Å². The first-order chi connectivity index (χ1) is 10.9. The predicted molar refractivity (Wildman–Crippen MR) is 76.7 cm³/mol. The number of benzene rings is 1. The lowest BCUT2D eigenvalue weighted by atomic mass is 10.2. The highest BCUT2D eigenvalue weighted by Gasteiger charge is 2.45. The molecule has 1 aromatic rings. The number of hydrogen-bond donors (Lipinski definition) is 2. The summed E-state index contributed by atoms with van der Waals surface area (Å²) in [6.45, 7) is -0.778. The van der Waals surface area contributed by atoms with Gasteiger partial charge in [0.1, 0.15) is 6.54 Å². The number of carbonyl (C=O) groups is 5. The third-order valence-corrected chi connectivity index (χ3v) is 3.10. The average molecular weight is 318 g/mol. The first kappa shape index (κ1) is 16.1. The van der Waals surface area contributed by atoms with Gasteiger partial charge in [-0.1, -0.05) is 30.3 Å². The molecule has 2 N–H and O–H groups in total. The fourth-order valence-corrected chi connectivity index (χ4v) is 1.97. The highest BCUT2D eigenvalue weighted by molar-refractivity contribution is 6.45. The summed E-state index contributed by atoms with van der Waals surface area (Å²) < 4.78 is 0. The number of carbonyl (C=O) groups excluding carboxylic acids is 5. The molecule has 0 aromatic heterocycles. The number of imide groups is 3. The Hall–Kier alpha value is -3.23. The molecular formula is C14H14N4O5. The van der Waals surface area contributed by atoms with Crippen LogP contribution in [0.1, 0.15) is 5.56 Å². The highest BCUT2D eigenvalue weighted by atomic mass is 16.2. The fourth-order valence-electron chi connectivity index (χ4n) is 1.97. The topological polar surface area (TPSA) is 116 Å². The monoisotopic (exact) mass is 318 g/mol. The molecule has 1 heterocycles. The first-order valence-corrected chi connectivity index (χ1v) is 6.67. The minimum atomic E-state index is -1.10. The van der Waals surface area contributed by atoms with Crippen LogP contribution < -0.4 is 10.6 Å². The van der Waals surface area contributed by atoms with Crippen LogP contribution in [0.25, 0.3) is 0 Å². The van der Waals surface area contributed by atoms with E-state index in [4.69, 9.17) is 0 Å². The molecule has 9 nitrogen and oxygen atoms in total. The van der Waals surface area contributed by atoms with E-state index in [0.29, 0.717) is 10.5 Å². The molecule has 1 aliphatic rings. The molecule has 7 amide bonds. The maximum atomic E-state index is 12.2. The Morgan fingerprint density at radius 1 is 1.00 bits per heavy atom. The fraction of sp³-hybridized carbons (Fsp3) is 0.214. The average Bonchev–Trinajstić information content (AvgIpc) is 2.73. The van der Waals surface area contributed by atoms with Crippen molar-refractivity contribution in [2.45, 2.75) is 6.54 Å². The van der Waals surface area contributed by atoms with Gasteiger partial charge in [-0.25, -0.2) is 14.5 Å². The summed E-state index contributed by atoms with van der Waals surface area (Å²) in [4.78, 5) is 59.7. The van der Waals surface area contributed by atoms with E-state index in [9.17, 15) is 24.0 Å². The van der Waals surface area contributed by atoms with Crippen molar-refractivity contribution in [2.75, 3.05) is 13.6 Å². The van der Waals surface area contributed by atoms with E-state index in [1.807, 2.05) is 5.32 Å². The van der Waals surface area contributed by atoms with Gasteiger partial charge in [-0.2, -0.15) is 0 Å². The maximum absolute atomic E-state index is 12.2. The van der Waals surface area contributed by atoms with E-state index in [1.54, 1.807) is 30.3 Å². The summed E-state index contributed by atoms with van der Waals surface area (Å²) >= 11 is 0. The van der Waals surface area contributed by atoms with Gasteiger partial charge in [0.15, 0.2) is 0 Å². The summed E-state index contributed by atoms with van der Waals surface area (Å²) in [5, 5.41) is 4.07. The van der Waals surface area contributed by atoms with E-state index in [-0.39, 0.29) is 6.54 Å². The van der Waals surface area contributed by atoms with Crippen LogP contribution in [0.4, 0.5) is 9.59 Å². The molecule has 1 fully saturated rings. The lowest BCUT2D eigenvalue weighted by Gasteiger charge is -2.15. The first-order valence-electron chi connectivity index (χ1n) is 6.67. The van der Waals surface area contributed by atoms with E-state index in [1.165, 1.54) is 7.05 Å². The molecule has 0 radical (unpaired) electrons. The van der Waals surface area contributed by atoms with Crippen LogP contribution in [-0.2, 0) is 20.9 Å². The minimum Gasteiger partial charge on any atom is -0.341 e. The summed E-state index contributed by atoms with van der Waals surface area (Å²) in [6, 6.07) is 6.97. The molecule has 0 aliphatic carbocycles. The maximum Gasteiger partial charge on any atom is 0.335 e. The van der Waals surface area contributed by atoms with Gasteiger partial charge in [-0.05, 0) is 5.56 Å². The molecular weight excluding hydrogens is 304 g/mol. The van der Waals surface area contributed by atoms with Crippen LogP contribution in [0.2, 0.25) is 0 Å². The molecule has 2 rings (SSSR count). The van der Waals surface area contributed by atoms with Crippen molar-refractivity contribution in [3.05, 3.63) is 35.9 Å². The van der Waals surface area contributed by atoms with Gasteiger partial charge >= 0.3 is 23.9 Å². The Bertz CT molecular complexity index is 673. The minimum absolute atomic E-state index is 0.0716. The van der Waals surface area contributed by atoms with Crippen LogP contribution in [-0.4, -0.2) is 53.2 Å². The molecule has 0 bridgehead atoms. The molecule has 23 heavy (non-hydrogen) atoms. The summed E-state index contributed by atoms with van der Waals surface area (Å²) in [6.07, 6.45) is 0. The van der Waals surface area contributed by atoms with Gasteiger partial charge in [0.2, 0.25) is 5.91 Å². The second kappa shape index (κ2) is 6.69. The van der Waals surface area contributed by atoms with Gasteiger partial charge < -0.3 is 5.32 Å². The van der Waals surface area contributed by atoms with Crippen molar-refractivity contribution in [3.8, 4) is 0 Å². The van der Waals surface area contributed by atoms with Gasteiger partial charge in [0.25, 0.3) is 0 Å². The number of hydrogen-bond acceptors (Lipinski definition) is 5. The van der Waals surface area contributed by atoms with E-state index >= 15 is 0 Å². The lowest BCUT2D eigenvalue weighted by Crippen LogP contribution is -2.45. The standard InChI is InChI=1S/C14H14N4O5/c1-15-13(22)16-10(19)8-18-12(21)11(20)17(14(18)23)7-9-5-3-2-4-6-9/h2-6H,7-8H2,1H3,(H2,15,16,19,22). The normalized spacial score (nSPS) is 14.2. The summed E-state index contributed by atoms with van der Waals surface area (Å²) in [7, 11) is 1.31. The quantitative estimate of drug-likeness (QED) is 0.570. The molecule has 0 unspecified atom stereocenters. The molecule has 0 spiro atoms. The zero-order chi connectivity index (χ0) is 17.0. The third kappa shape index (κ3) is 3.51. The molecule has 1 saturated heterocycles. The van der Waals surface area contributed by atoms with Gasteiger partial charge in [0.05, 0.1) is 6.54 Å². The van der Waals surface area contributed by atoms with Crippen molar-refractivity contribution < 1.29 is 24.0 Å². The Kier molecular flexibility index (Phi) is 4.69. The van der Waals surface area contributed by atoms with Gasteiger partial charge in [0, 0.05) is 7.05 Å².